The van der Waals surface area contributed by atoms with Crippen LogP contribution in [0, 0.1) is 0 Å². The SMILES string of the molecule is CC(=O)O[SiH3].[H-].[Na+]. The van der Waals surface area contributed by atoms with Crippen molar-refractivity contribution in [3.63, 3.8) is 0 Å². The summed E-state index contributed by atoms with van der Waals surface area (Å²) < 4.78 is 4.25. The maximum Gasteiger partial charge on any atom is 1.00 e. The molecule has 0 rings (SSSR count). The summed E-state index contributed by atoms with van der Waals surface area (Å²) in [4.78, 5) is 9.62. The smallest absolute Gasteiger partial charge is 1.00 e. The van der Waals surface area contributed by atoms with E-state index in [2.05, 4.69) is 4.43 Å². The molecule has 0 amide bonds. The molecule has 4 heteroatoms. The van der Waals surface area contributed by atoms with Gasteiger partial charge in [0.15, 0.2) is 0 Å². The molecule has 0 saturated carbocycles. The van der Waals surface area contributed by atoms with Gasteiger partial charge in [0.25, 0.3) is 5.97 Å². The third kappa shape index (κ3) is 8.82. The largest absolute Gasteiger partial charge is 1.00 e. The number of rotatable bonds is 0. The van der Waals surface area contributed by atoms with Crippen molar-refractivity contribution in [2.24, 2.45) is 0 Å². The number of carbonyl (C=O) groups is 1. The van der Waals surface area contributed by atoms with Crippen LogP contribution >= 0.6 is 0 Å². The Balaban J connectivity index is -0.0000000800. The van der Waals surface area contributed by atoms with Crippen LogP contribution in [0.4, 0.5) is 0 Å². The van der Waals surface area contributed by atoms with Gasteiger partial charge >= 0.3 is 29.6 Å². The second-order valence-corrected chi connectivity index (χ2v) is 1.10. The predicted octanol–water partition coefficient (Wildman–Crippen LogP) is -4.05. The van der Waals surface area contributed by atoms with Crippen LogP contribution in [-0.4, -0.2) is 16.5 Å². The van der Waals surface area contributed by atoms with E-state index < -0.39 is 0 Å². The summed E-state index contributed by atoms with van der Waals surface area (Å²) >= 11 is 0. The maximum absolute atomic E-state index is 9.62. The van der Waals surface area contributed by atoms with Crippen LogP contribution < -0.4 is 29.6 Å². The van der Waals surface area contributed by atoms with Crippen LogP contribution in [0.5, 0.6) is 0 Å². The Hall–Kier alpha value is 0.687. The van der Waals surface area contributed by atoms with E-state index in [-0.39, 0.29) is 37.0 Å². The molecule has 0 bridgehead atoms. The molecule has 0 atom stereocenters. The first-order chi connectivity index (χ1) is 2.27. The standard InChI is InChI=1S/C2H6O2Si.Na.H/c1-2(3)4-5;;/h1,5H3;;/q;+1;-1. The normalized spacial score (nSPS) is 6.17. The van der Waals surface area contributed by atoms with Gasteiger partial charge in [0, 0.05) is 6.92 Å². The summed E-state index contributed by atoms with van der Waals surface area (Å²) in [6.07, 6.45) is 0. The zero-order valence-electron chi connectivity index (χ0n) is 5.32. The summed E-state index contributed by atoms with van der Waals surface area (Å²) in [6, 6.07) is 0. The summed E-state index contributed by atoms with van der Waals surface area (Å²) in [5, 5.41) is 0. The summed E-state index contributed by atoms with van der Waals surface area (Å²) in [7, 11) is 0.524. The second-order valence-electron chi connectivity index (χ2n) is 0.696. The van der Waals surface area contributed by atoms with Crippen molar-refractivity contribution >= 4 is 16.5 Å². The molecular formula is C2H7NaO2Si. The Kier molecular flexibility index (Phi) is 9.33. The van der Waals surface area contributed by atoms with E-state index in [4.69, 9.17) is 0 Å². The van der Waals surface area contributed by atoms with Crippen molar-refractivity contribution in [2.45, 2.75) is 6.92 Å². The van der Waals surface area contributed by atoms with Crippen molar-refractivity contribution < 1.29 is 40.2 Å². The summed E-state index contributed by atoms with van der Waals surface area (Å²) in [5.74, 6) is -0.184. The molecule has 0 unspecified atom stereocenters. The number of carbonyl (C=O) groups excluding carboxylic acids is 1. The van der Waals surface area contributed by atoms with Crippen LogP contribution in [0.2, 0.25) is 0 Å². The molecule has 0 aromatic heterocycles. The molecule has 0 radical (unpaired) electrons. The molecule has 2 nitrogen and oxygen atoms in total. The first-order valence-electron chi connectivity index (χ1n) is 1.32. The van der Waals surface area contributed by atoms with E-state index in [1.165, 1.54) is 6.92 Å². The van der Waals surface area contributed by atoms with Gasteiger partial charge in [0.05, 0.1) is 0 Å². The fourth-order valence-corrected chi connectivity index (χ4v) is 0. The molecule has 0 aliphatic rings. The average molecular weight is 114 g/mol. The van der Waals surface area contributed by atoms with Crippen molar-refractivity contribution in [3.05, 3.63) is 0 Å². The topological polar surface area (TPSA) is 26.3 Å². The molecule has 0 aromatic carbocycles. The Morgan fingerprint density at radius 3 is 2.17 bits per heavy atom. The monoisotopic (exact) mass is 114 g/mol. The van der Waals surface area contributed by atoms with Crippen molar-refractivity contribution in [3.8, 4) is 0 Å². The van der Waals surface area contributed by atoms with E-state index in [1.54, 1.807) is 0 Å². The van der Waals surface area contributed by atoms with E-state index in [9.17, 15) is 4.79 Å². The first kappa shape index (κ1) is 9.84. The Bertz CT molecular complexity index is 51.0. The van der Waals surface area contributed by atoms with Gasteiger partial charge in [-0.3, -0.25) is 4.79 Å². The van der Waals surface area contributed by atoms with E-state index in [0.29, 0.717) is 10.5 Å². The van der Waals surface area contributed by atoms with Crippen LogP contribution in [0.1, 0.15) is 8.35 Å². The molecular weight excluding hydrogens is 107 g/mol. The molecule has 0 spiro atoms. The Morgan fingerprint density at radius 1 is 2.00 bits per heavy atom. The van der Waals surface area contributed by atoms with Gasteiger partial charge in [-0.1, -0.05) is 0 Å². The molecule has 0 aliphatic carbocycles. The predicted molar refractivity (Wildman–Crippen MR) is 22.8 cm³/mol. The van der Waals surface area contributed by atoms with E-state index in [0.717, 1.165) is 0 Å². The number of hydrogen-bond acceptors (Lipinski definition) is 2. The van der Waals surface area contributed by atoms with Crippen LogP contribution in [0.25, 0.3) is 0 Å². The van der Waals surface area contributed by atoms with Crippen molar-refractivity contribution in [1.82, 2.24) is 0 Å². The van der Waals surface area contributed by atoms with Crippen LogP contribution in [-0.2, 0) is 9.22 Å². The molecule has 0 aliphatic heterocycles. The quantitative estimate of drug-likeness (QED) is 0.300. The molecule has 32 valence electrons. The molecule has 0 aromatic rings. The summed E-state index contributed by atoms with van der Waals surface area (Å²) in [6.45, 7) is 1.40. The van der Waals surface area contributed by atoms with Gasteiger partial charge < -0.3 is 5.85 Å². The van der Waals surface area contributed by atoms with Crippen LogP contribution in [0.15, 0.2) is 0 Å². The number of hydrogen-bond donors (Lipinski definition) is 0. The van der Waals surface area contributed by atoms with Gasteiger partial charge in [0.1, 0.15) is 0 Å². The average Bonchev–Trinajstić information content (AvgIpc) is 1.38. The van der Waals surface area contributed by atoms with Crippen LogP contribution in [0.3, 0.4) is 0 Å². The third-order valence-electron chi connectivity index (χ3n) is 0.287. The Morgan fingerprint density at radius 2 is 2.17 bits per heavy atom. The van der Waals surface area contributed by atoms with Gasteiger partial charge in [-0.25, -0.2) is 0 Å². The Labute approximate surface area is 63.6 Å². The van der Waals surface area contributed by atoms with E-state index >= 15 is 0 Å². The van der Waals surface area contributed by atoms with Gasteiger partial charge in [-0.15, -0.1) is 0 Å². The minimum absolute atomic E-state index is 0. The summed E-state index contributed by atoms with van der Waals surface area (Å²) in [5.41, 5.74) is 0. The van der Waals surface area contributed by atoms with Crippen molar-refractivity contribution in [1.29, 1.82) is 0 Å². The molecule has 0 fully saturated rings. The minimum atomic E-state index is -0.184. The van der Waals surface area contributed by atoms with Gasteiger partial charge in [0.2, 0.25) is 10.5 Å². The van der Waals surface area contributed by atoms with Gasteiger partial charge in [-0.2, -0.15) is 0 Å². The maximum atomic E-state index is 9.62. The zero-order chi connectivity index (χ0) is 4.28. The third-order valence-corrected chi connectivity index (χ3v) is 0.862. The van der Waals surface area contributed by atoms with E-state index in [1.807, 2.05) is 0 Å². The fraction of sp³-hybridized carbons (Fsp3) is 0.500. The van der Waals surface area contributed by atoms with Gasteiger partial charge in [-0.05, 0) is 0 Å². The zero-order valence-corrected chi connectivity index (χ0v) is 8.32. The molecule has 0 heterocycles. The molecule has 6 heavy (non-hydrogen) atoms. The molecule has 0 N–H and O–H groups in total. The second kappa shape index (κ2) is 5.69. The first-order valence-corrected chi connectivity index (χ1v) is 2.13. The minimum Gasteiger partial charge on any atom is -1.00 e. The fourth-order valence-electron chi connectivity index (χ4n) is 0. The molecule has 0 saturated heterocycles. The van der Waals surface area contributed by atoms with Crippen molar-refractivity contribution in [2.75, 3.05) is 0 Å².